The van der Waals surface area contributed by atoms with E-state index in [9.17, 15) is 9.18 Å². The number of aromatic amines is 1. The third-order valence-electron chi connectivity index (χ3n) is 3.88. The molecule has 0 saturated heterocycles. The first-order valence-electron chi connectivity index (χ1n) is 7.82. The van der Waals surface area contributed by atoms with Crippen LogP contribution < -0.4 is 5.32 Å². The van der Waals surface area contributed by atoms with Crippen molar-refractivity contribution in [2.75, 3.05) is 20.6 Å². The van der Waals surface area contributed by atoms with Gasteiger partial charge in [-0.25, -0.2) is 4.39 Å². The molecule has 24 heavy (non-hydrogen) atoms. The lowest BCUT2D eigenvalue weighted by molar-refractivity contribution is 0.0925. The number of aromatic nitrogens is 1. The zero-order chi connectivity index (χ0) is 17.1. The number of hydrogen-bond donors (Lipinski definition) is 2. The zero-order valence-electron chi connectivity index (χ0n) is 13.7. The number of amides is 1. The maximum absolute atomic E-state index is 13.3. The molecule has 0 unspecified atom stereocenters. The van der Waals surface area contributed by atoms with Crippen LogP contribution in [0.25, 0.3) is 10.9 Å². The van der Waals surface area contributed by atoms with Crippen LogP contribution in [0, 0.1) is 5.82 Å². The van der Waals surface area contributed by atoms with Crippen LogP contribution in [0.4, 0.5) is 4.39 Å². The van der Waals surface area contributed by atoms with Crippen LogP contribution in [0.5, 0.6) is 0 Å². The fraction of sp³-hybridized carbons (Fsp3) is 0.211. The van der Waals surface area contributed by atoms with Crippen LogP contribution in [0.3, 0.4) is 0 Å². The average Bonchev–Trinajstić information content (AvgIpc) is 2.98. The minimum atomic E-state index is -0.316. The molecule has 0 saturated carbocycles. The summed E-state index contributed by atoms with van der Waals surface area (Å²) >= 11 is 0. The number of nitrogens with one attached hydrogen (secondary N) is 2. The highest BCUT2D eigenvalue weighted by Crippen LogP contribution is 2.18. The van der Waals surface area contributed by atoms with E-state index in [4.69, 9.17) is 0 Å². The van der Waals surface area contributed by atoms with Gasteiger partial charge in [-0.3, -0.25) is 4.79 Å². The molecule has 2 aromatic carbocycles. The van der Waals surface area contributed by atoms with E-state index >= 15 is 0 Å². The number of rotatable bonds is 5. The summed E-state index contributed by atoms with van der Waals surface area (Å²) in [7, 11) is 3.93. The van der Waals surface area contributed by atoms with E-state index in [1.165, 1.54) is 12.1 Å². The minimum absolute atomic E-state index is 0.128. The molecule has 1 atom stereocenters. The number of H-pyrrole nitrogens is 1. The van der Waals surface area contributed by atoms with Gasteiger partial charge < -0.3 is 15.2 Å². The molecule has 0 bridgehead atoms. The minimum Gasteiger partial charge on any atom is -0.351 e. The Morgan fingerprint density at radius 2 is 1.92 bits per heavy atom. The van der Waals surface area contributed by atoms with Crippen LogP contribution in [-0.2, 0) is 0 Å². The van der Waals surface area contributed by atoms with Crippen LogP contribution in [0.1, 0.15) is 22.1 Å². The van der Waals surface area contributed by atoms with Gasteiger partial charge in [-0.05, 0) is 43.9 Å². The number of likely N-dealkylation sites (N-methyl/N-ethyl adjacent to an activating group) is 1. The lowest BCUT2D eigenvalue weighted by Gasteiger charge is -2.22. The second-order valence-electron chi connectivity index (χ2n) is 6.11. The van der Waals surface area contributed by atoms with E-state index in [1.807, 2.05) is 49.3 Å². The molecule has 5 heteroatoms. The van der Waals surface area contributed by atoms with Gasteiger partial charge in [-0.1, -0.05) is 30.3 Å². The van der Waals surface area contributed by atoms with Crippen LogP contribution >= 0.6 is 0 Å². The van der Waals surface area contributed by atoms with Gasteiger partial charge in [0.15, 0.2) is 0 Å². The normalized spacial score (nSPS) is 12.5. The van der Waals surface area contributed by atoms with E-state index in [2.05, 4.69) is 10.3 Å². The number of halogens is 1. The largest absolute Gasteiger partial charge is 0.351 e. The van der Waals surface area contributed by atoms with E-state index in [0.717, 1.165) is 11.1 Å². The second-order valence-corrected chi connectivity index (χ2v) is 6.11. The van der Waals surface area contributed by atoms with E-state index in [-0.39, 0.29) is 17.8 Å². The van der Waals surface area contributed by atoms with E-state index < -0.39 is 0 Å². The lowest BCUT2D eigenvalue weighted by atomic mass is 10.1. The van der Waals surface area contributed by atoms with Crippen LogP contribution in [0.15, 0.2) is 54.6 Å². The molecule has 3 rings (SSSR count). The van der Waals surface area contributed by atoms with Crippen molar-refractivity contribution < 1.29 is 9.18 Å². The molecular formula is C19H20FN3O. The molecule has 2 N–H and O–H groups in total. The van der Waals surface area contributed by atoms with Gasteiger partial charge >= 0.3 is 0 Å². The number of hydrogen-bond acceptors (Lipinski definition) is 2. The maximum Gasteiger partial charge on any atom is 0.268 e. The monoisotopic (exact) mass is 325 g/mol. The average molecular weight is 325 g/mol. The quantitative estimate of drug-likeness (QED) is 0.756. The molecule has 1 aromatic heterocycles. The number of benzene rings is 2. The summed E-state index contributed by atoms with van der Waals surface area (Å²) in [5.41, 5.74) is 2.21. The highest BCUT2D eigenvalue weighted by Gasteiger charge is 2.18. The first kappa shape index (κ1) is 16.2. The Morgan fingerprint density at radius 1 is 1.17 bits per heavy atom. The van der Waals surface area contributed by atoms with Gasteiger partial charge in [0.25, 0.3) is 5.91 Å². The van der Waals surface area contributed by atoms with Crippen LogP contribution in [0.2, 0.25) is 0 Å². The molecule has 0 fully saturated rings. The fourth-order valence-corrected chi connectivity index (χ4v) is 2.75. The molecule has 0 spiro atoms. The molecule has 0 aliphatic rings. The number of nitrogens with zero attached hydrogens (tertiary/aromatic N) is 1. The van der Waals surface area contributed by atoms with Crippen molar-refractivity contribution >= 4 is 16.8 Å². The molecule has 3 aromatic rings. The summed E-state index contributed by atoms with van der Waals surface area (Å²) in [5.74, 6) is -0.523. The van der Waals surface area contributed by atoms with Gasteiger partial charge in [0.05, 0.1) is 6.04 Å². The molecule has 0 aliphatic carbocycles. The highest BCUT2D eigenvalue weighted by molar-refractivity contribution is 5.98. The van der Waals surface area contributed by atoms with Crippen molar-refractivity contribution in [1.82, 2.24) is 15.2 Å². The predicted molar refractivity (Wildman–Crippen MR) is 93.5 cm³/mol. The third kappa shape index (κ3) is 3.63. The van der Waals surface area contributed by atoms with Crippen molar-refractivity contribution in [1.29, 1.82) is 0 Å². The van der Waals surface area contributed by atoms with E-state index in [0.29, 0.717) is 17.6 Å². The summed E-state index contributed by atoms with van der Waals surface area (Å²) in [5, 5.41) is 3.74. The van der Waals surface area contributed by atoms with Crippen molar-refractivity contribution in [2.45, 2.75) is 6.04 Å². The Labute approximate surface area is 140 Å². The first-order chi connectivity index (χ1) is 11.5. The molecule has 1 amide bonds. The third-order valence-corrected chi connectivity index (χ3v) is 3.88. The summed E-state index contributed by atoms with van der Waals surface area (Å²) in [6.07, 6.45) is 0. The Hall–Kier alpha value is -2.66. The van der Waals surface area contributed by atoms with Crippen molar-refractivity contribution in [3.63, 3.8) is 0 Å². The Bertz CT molecular complexity index is 842. The van der Waals surface area contributed by atoms with Gasteiger partial charge in [-0.15, -0.1) is 0 Å². The smallest absolute Gasteiger partial charge is 0.268 e. The topological polar surface area (TPSA) is 48.1 Å². The van der Waals surface area contributed by atoms with Gasteiger partial charge in [0.2, 0.25) is 0 Å². The Morgan fingerprint density at radius 3 is 2.62 bits per heavy atom. The lowest BCUT2D eigenvalue weighted by Crippen LogP contribution is -2.35. The highest BCUT2D eigenvalue weighted by atomic mass is 19.1. The Kier molecular flexibility index (Phi) is 4.62. The molecule has 0 radical (unpaired) electrons. The summed E-state index contributed by atoms with van der Waals surface area (Å²) in [4.78, 5) is 17.7. The summed E-state index contributed by atoms with van der Waals surface area (Å²) in [6.45, 7) is 0.685. The molecular weight excluding hydrogens is 305 g/mol. The van der Waals surface area contributed by atoms with Gasteiger partial charge in [-0.2, -0.15) is 0 Å². The van der Waals surface area contributed by atoms with Crippen molar-refractivity contribution in [2.24, 2.45) is 0 Å². The number of carbonyl (C=O) groups excluding carboxylic acids is 1. The first-order valence-corrected chi connectivity index (χ1v) is 7.82. The SMILES string of the molecule is CN(C)C[C@@H](NC(=O)c1cc2cc(F)ccc2[nH]1)c1ccccc1. The second kappa shape index (κ2) is 6.84. The van der Waals surface area contributed by atoms with Crippen molar-refractivity contribution in [3.05, 3.63) is 71.7 Å². The van der Waals surface area contributed by atoms with Crippen LogP contribution in [-0.4, -0.2) is 36.4 Å². The zero-order valence-corrected chi connectivity index (χ0v) is 13.7. The van der Waals surface area contributed by atoms with Gasteiger partial charge in [0.1, 0.15) is 11.5 Å². The number of fused-ring (bicyclic) bond motifs is 1. The molecule has 124 valence electrons. The summed E-state index contributed by atoms with van der Waals surface area (Å²) in [6, 6.07) is 15.8. The maximum atomic E-state index is 13.3. The molecule has 4 nitrogen and oxygen atoms in total. The Balaban J connectivity index is 1.84. The summed E-state index contributed by atoms with van der Waals surface area (Å²) < 4.78 is 13.3. The fourth-order valence-electron chi connectivity index (χ4n) is 2.75. The molecule has 0 aliphatic heterocycles. The number of carbonyl (C=O) groups is 1. The predicted octanol–water partition coefficient (Wildman–Crippen LogP) is 3.34. The molecule has 1 heterocycles. The standard InChI is InChI=1S/C19H20FN3O/c1-23(2)12-18(13-6-4-3-5-7-13)22-19(24)17-11-14-10-15(20)8-9-16(14)21-17/h3-11,18,21H,12H2,1-2H3,(H,22,24)/t18-/m1/s1. The van der Waals surface area contributed by atoms with Crippen molar-refractivity contribution in [3.8, 4) is 0 Å². The van der Waals surface area contributed by atoms with Gasteiger partial charge in [0, 0.05) is 17.4 Å². The van der Waals surface area contributed by atoms with E-state index in [1.54, 1.807) is 12.1 Å².